The Balaban J connectivity index is 2.84. The molecule has 0 aliphatic carbocycles. The van der Waals surface area contributed by atoms with Crippen LogP contribution in [0.1, 0.15) is 37.0 Å². The molecule has 0 amide bonds. The van der Waals surface area contributed by atoms with Crippen molar-refractivity contribution < 1.29 is 14.3 Å². The highest BCUT2D eigenvalue weighted by atomic mass is 16.5. The molecule has 0 saturated heterocycles. The molecule has 0 aliphatic heterocycles. The number of carbonyl (C=O) groups excluding carboxylic acids is 2. The van der Waals surface area contributed by atoms with E-state index in [0.717, 1.165) is 6.42 Å². The third kappa shape index (κ3) is 3.70. The molecular formula is C14H18O3. The highest BCUT2D eigenvalue weighted by Gasteiger charge is 2.27. The highest BCUT2D eigenvalue weighted by molar-refractivity contribution is 6.08. The Morgan fingerprint density at radius 2 is 1.82 bits per heavy atom. The van der Waals surface area contributed by atoms with Gasteiger partial charge in [-0.25, -0.2) is 0 Å². The van der Waals surface area contributed by atoms with E-state index in [9.17, 15) is 9.59 Å². The van der Waals surface area contributed by atoms with Crippen molar-refractivity contribution in [2.45, 2.75) is 26.7 Å². The van der Waals surface area contributed by atoms with Gasteiger partial charge in [-0.3, -0.25) is 9.59 Å². The van der Waals surface area contributed by atoms with Crippen molar-refractivity contribution in [3.05, 3.63) is 35.9 Å². The molecule has 0 heterocycles. The molecule has 17 heavy (non-hydrogen) atoms. The van der Waals surface area contributed by atoms with Gasteiger partial charge >= 0.3 is 5.97 Å². The number of hydrogen-bond acceptors (Lipinski definition) is 3. The third-order valence-corrected chi connectivity index (χ3v) is 2.52. The second-order valence-electron chi connectivity index (χ2n) is 3.82. The van der Waals surface area contributed by atoms with Gasteiger partial charge in [0.05, 0.1) is 6.61 Å². The van der Waals surface area contributed by atoms with Crippen molar-refractivity contribution >= 4 is 11.8 Å². The number of ether oxygens (including phenoxy) is 1. The van der Waals surface area contributed by atoms with Crippen LogP contribution in [0, 0.1) is 5.92 Å². The predicted octanol–water partition coefficient (Wildman–Crippen LogP) is 2.85. The molecule has 1 aromatic rings. The molecule has 3 nitrogen and oxygen atoms in total. The summed E-state index contributed by atoms with van der Waals surface area (Å²) in [6.45, 7) is 4.00. The summed E-state index contributed by atoms with van der Waals surface area (Å²) in [5, 5.41) is 0. The largest absolute Gasteiger partial charge is 0.465 e. The predicted molar refractivity (Wildman–Crippen MR) is 65.8 cm³/mol. The van der Waals surface area contributed by atoms with Gasteiger partial charge in [0, 0.05) is 5.56 Å². The summed E-state index contributed by atoms with van der Waals surface area (Å²) in [4.78, 5) is 23.9. The number of ketones is 1. The number of benzene rings is 1. The lowest BCUT2D eigenvalue weighted by atomic mass is 9.93. The maximum atomic E-state index is 12.2. The lowest BCUT2D eigenvalue weighted by molar-refractivity contribution is -0.146. The fourth-order valence-corrected chi connectivity index (χ4v) is 1.69. The van der Waals surface area contributed by atoms with E-state index in [1.54, 1.807) is 31.2 Å². The van der Waals surface area contributed by atoms with Gasteiger partial charge < -0.3 is 4.74 Å². The van der Waals surface area contributed by atoms with Crippen molar-refractivity contribution in [1.82, 2.24) is 0 Å². The molecule has 92 valence electrons. The summed E-state index contributed by atoms with van der Waals surface area (Å²) in [5.41, 5.74) is 0.569. The summed E-state index contributed by atoms with van der Waals surface area (Å²) >= 11 is 0. The van der Waals surface area contributed by atoms with Gasteiger partial charge in [-0.1, -0.05) is 43.7 Å². The van der Waals surface area contributed by atoms with E-state index in [-0.39, 0.29) is 5.78 Å². The second-order valence-corrected chi connectivity index (χ2v) is 3.82. The lowest BCUT2D eigenvalue weighted by Crippen LogP contribution is -2.26. The topological polar surface area (TPSA) is 43.4 Å². The molecular weight excluding hydrogens is 216 g/mol. The van der Waals surface area contributed by atoms with Gasteiger partial charge in [-0.05, 0) is 13.3 Å². The molecule has 0 bridgehead atoms. The molecule has 3 heteroatoms. The molecule has 0 spiro atoms. The Hall–Kier alpha value is -1.64. The minimum absolute atomic E-state index is 0.147. The number of esters is 1. The Morgan fingerprint density at radius 3 is 2.35 bits per heavy atom. The number of Topliss-reactive ketones (excluding diaryl/α,β-unsaturated/α-hetero) is 1. The van der Waals surface area contributed by atoms with Crippen molar-refractivity contribution in [2.75, 3.05) is 6.61 Å². The zero-order valence-corrected chi connectivity index (χ0v) is 10.3. The summed E-state index contributed by atoms with van der Waals surface area (Å²) in [7, 11) is 0. The minimum Gasteiger partial charge on any atom is -0.465 e. The Kier molecular flexibility index (Phi) is 5.40. The van der Waals surface area contributed by atoms with Gasteiger partial charge in [0.15, 0.2) is 5.78 Å². The maximum absolute atomic E-state index is 12.2. The number of hydrogen-bond donors (Lipinski definition) is 0. The van der Waals surface area contributed by atoms with Crippen LogP contribution in [-0.2, 0) is 9.53 Å². The lowest BCUT2D eigenvalue weighted by Gasteiger charge is -2.13. The summed E-state index contributed by atoms with van der Waals surface area (Å²) in [5.74, 6) is -1.23. The first-order valence-electron chi connectivity index (χ1n) is 5.96. The van der Waals surface area contributed by atoms with Crippen molar-refractivity contribution in [2.24, 2.45) is 5.92 Å². The van der Waals surface area contributed by atoms with Gasteiger partial charge in [-0.15, -0.1) is 0 Å². The van der Waals surface area contributed by atoms with Crippen LogP contribution in [-0.4, -0.2) is 18.4 Å². The fraction of sp³-hybridized carbons (Fsp3) is 0.429. The SMILES string of the molecule is CCCC(C(=O)OCC)C(=O)c1ccccc1. The zero-order valence-electron chi connectivity index (χ0n) is 10.3. The van der Waals surface area contributed by atoms with Crippen LogP contribution in [0.4, 0.5) is 0 Å². The molecule has 0 aromatic heterocycles. The van der Waals surface area contributed by atoms with E-state index < -0.39 is 11.9 Å². The first-order chi connectivity index (χ1) is 8.20. The zero-order chi connectivity index (χ0) is 12.7. The molecule has 1 rings (SSSR count). The Morgan fingerprint density at radius 1 is 1.18 bits per heavy atom. The van der Waals surface area contributed by atoms with Crippen LogP contribution in [0.5, 0.6) is 0 Å². The smallest absolute Gasteiger partial charge is 0.316 e. The Bertz CT molecular complexity index is 370. The van der Waals surface area contributed by atoms with Gasteiger partial charge in [-0.2, -0.15) is 0 Å². The van der Waals surface area contributed by atoms with E-state index in [1.165, 1.54) is 0 Å². The van der Waals surface area contributed by atoms with Crippen molar-refractivity contribution in [3.63, 3.8) is 0 Å². The molecule has 0 radical (unpaired) electrons. The number of carbonyl (C=O) groups is 2. The van der Waals surface area contributed by atoms with Gasteiger partial charge in [0.2, 0.25) is 0 Å². The fourth-order valence-electron chi connectivity index (χ4n) is 1.69. The minimum atomic E-state index is -0.664. The average molecular weight is 234 g/mol. The van der Waals surface area contributed by atoms with Crippen molar-refractivity contribution in [3.8, 4) is 0 Å². The molecule has 1 unspecified atom stereocenters. The van der Waals surface area contributed by atoms with Crippen LogP contribution < -0.4 is 0 Å². The summed E-state index contributed by atoms with van der Waals surface area (Å²) in [6.07, 6.45) is 1.31. The highest BCUT2D eigenvalue weighted by Crippen LogP contribution is 2.16. The quantitative estimate of drug-likeness (QED) is 0.432. The van der Waals surface area contributed by atoms with E-state index >= 15 is 0 Å². The third-order valence-electron chi connectivity index (χ3n) is 2.52. The summed E-state index contributed by atoms with van der Waals surface area (Å²) < 4.78 is 4.94. The van der Waals surface area contributed by atoms with Crippen LogP contribution in [0.3, 0.4) is 0 Å². The molecule has 0 saturated carbocycles. The first-order valence-corrected chi connectivity index (χ1v) is 5.96. The Labute approximate surface area is 102 Å². The second kappa shape index (κ2) is 6.84. The van der Waals surface area contributed by atoms with E-state index in [0.29, 0.717) is 18.6 Å². The molecule has 1 aromatic carbocycles. The average Bonchev–Trinajstić information content (AvgIpc) is 2.36. The number of rotatable bonds is 6. The summed E-state index contributed by atoms with van der Waals surface area (Å²) in [6, 6.07) is 8.88. The van der Waals surface area contributed by atoms with Gasteiger partial charge in [0.1, 0.15) is 5.92 Å². The van der Waals surface area contributed by atoms with Crippen LogP contribution in [0.15, 0.2) is 30.3 Å². The van der Waals surface area contributed by atoms with Crippen LogP contribution >= 0.6 is 0 Å². The standard InChI is InChI=1S/C14H18O3/c1-3-8-12(14(16)17-4-2)13(15)11-9-6-5-7-10-11/h5-7,9-10,12H,3-4,8H2,1-2H3. The van der Waals surface area contributed by atoms with Crippen LogP contribution in [0.25, 0.3) is 0 Å². The molecule has 0 aliphatic rings. The van der Waals surface area contributed by atoms with Crippen molar-refractivity contribution in [1.29, 1.82) is 0 Å². The normalized spacial score (nSPS) is 11.9. The molecule has 0 N–H and O–H groups in total. The maximum Gasteiger partial charge on any atom is 0.316 e. The first kappa shape index (κ1) is 13.4. The van der Waals surface area contributed by atoms with E-state index in [1.807, 2.05) is 13.0 Å². The van der Waals surface area contributed by atoms with E-state index in [2.05, 4.69) is 0 Å². The molecule has 1 atom stereocenters. The molecule has 0 fully saturated rings. The van der Waals surface area contributed by atoms with Gasteiger partial charge in [0.25, 0.3) is 0 Å². The van der Waals surface area contributed by atoms with Crippen LogP contribution in [0.2, 0.25) is 0 Å². The van der Waals surface area contributed by atoms with E-state index in [4.69, 9.17) is 4.74 Å². The monoisotopic (exact) mass is 234 g/mol.